The van der Waals surface area contributed by atoms with E-state index in [1.807, 2.05) is 31.2 Å². The van der Waals surface area contributed by atoms with E-state index in [4.69, 9.17) is 4.84 Å². The number of hydrazine groups is 1. The molecule has 1 aliphatic heterocycles. The number of Topliss-reactive ketones (excluding diaryl/α,β-unsaturated/α-hetero) is 1. The molecular formula is C19H28N2O2. The number of anilines is 1. The lowest BCUT2D eigenvalue weighted by Gasteiger charge is -2.35. The predicted molar refractivity (Wildman–Crippen MR) is 91.8 cm³/mol. The molecule has 1 aromatic rings. The van der Waals surface area contributed by atoms with Crippen molar-refractivity contribution < 1.29 is 9.63 Å². The summed E-state index contributed by atoms with van der Waals surface area (Å²) in [4.78, 5) is 18.4. The largest absolute Gasteiger partial charge is 0.297 e. The first-order valence-corrected chi connectivity index (χ1v) is 8.87. The first kappa shape index (κ1) is 16.5. The van der Waals surface area contributed by atoms with Crippen molar-refractivity contribution in [1.29, 1.82) is 0 Å². The number of rotatable bonds is 5. The molecule has 0 bridgehead atoms. The molecule has 1 aliphatic carbocycles. The summed E-state index contributed by atoms with van der Waals surface area (Å²) in [6, 6.07) is 7.91. The Morgan fingerprint density at radius 2 is 1.91 bits per heavy atom. The molecule has 1 fully saturated rings. The fraction of sp³-hybridized carbons (Fsp3) is 0.632. The molecule has 1 heterocycles. The van der Waals surface area contributed by atoms with Gasteiger partial charge in [0.05, 0.1) is 12.8 Å². The molecule has 23 heavy (non-hydrogen) atoms. The third-order valence-electron chi connectivity index (χ3n) is 5.15. The van der Waals surface area contributed by atoms with E-state index in [1.54, 1.807) is 7.11 Å². The summed E-state index contributed by atoms with van der Waals surface area (Å²) in [7, 11) is 1.67. The average molecular weight is 316 g/mol. The van der Waals surface area contributed by atoms with Gasteiger partial charge in [-0.1, -0.05) is 56.5 Å². The van der Waals surface area contributed by atoms with Crippen molar-refractivity contribution in [3.63, 3.8) is 0 Å². The summed E-state index contributed by atoms with van der Waals surface area (Å²) >= 11 is 0. The van der Waals surface area contributed by atoms with Crippen molar-refractivity contribution in [3.05, 3.63) is 29.8 Å². The highest BCUT2D eigenvalue weighted by Gasteiger charge is 2.42. The van der Waals surface area contributed by atoms with Gasteiger partial charge in [0, 0.05) is 18.0 Å². The van der Waals surface area contributed by atoms with Crippen LogP contribution < -0.4 is 5.01 Å². The fourth-order valence-corrected chi connectivity index (χ4v) is 3.89. The average Bonchev–Trinajstić information content (AvgIpc) is 2.88. The summed E-state index contributed by atoms with van der Waals surface area (Å²) in [6.07, 6.45) is 6.55. The third kappa shape index (κ3) is 3.15. The van der Waals surface area contributed by atoms with E-state index in [0.29, 0.717) is 5.92 Å². The summed E-state index contributed by atoms with van der Waals surface area (Å²) in [5, 5.41) is 4.00. The first-order valence-electron chi connectivity index (χ1n) is 8.87. The number of para-hydroxylation sites is 1. The Hall–Kier alpha value is -1.39. The van der Waals surface area contributed by atoms with Crippen molar-refractivity contribution in [1.82, 2.24) is 5.17 Å². The number of hydrogen-bond acceptors (Lipinski definition) is 4. The van der Waals surface area contributed by atoms with Gasteiger partial charge in [-0.2, -0.15) is 0 Å². The van der Waals surface area contributed by atoms with Crippen molar-refractivity contribution in [3.8, 4) is 0 Å². The second kappa shape index (κ2) is 7.02. The number of carbonyl (C=O) groups excluding carboxylic acids is 1. The monoisotopic (exact) mass is 316 g/mol. The lowest BCUT2D eigenvalue weighted by atomic mass is 9.89. The van der Waals surface area contributed by atoms with E-state index in [-0.39, 0.29) is 17.7 Å². The molecule has 1 saturated carbocycles. The Labute approximate surface area is 139 Å². The van der Waals surface area contributed by atoms with E-state index in [9.17, 15) is 4.79 Å². The molecule has 0 radical (unpaired) electrons. The Bertz CT molecular complexity index is 552. The first-order chi connectivity index (χ1) is 11.1. The normalized spacial score (nSPS) is 22.6. The molecule has 2 aliphatic rings. The summed E-state index contributed by atoms with van der Waals surface area (Å²) in [5.74, 6) is 0.883. The number of carbonyl (C=O) groups is 1. The van der Waals surface area contributed by atoms with E-state index in [0.717, 1.165) is 17.8 Å². The van der Waals surface area contributed by atoms with Gasteiger partial charge >= 0.3 is 0 Å². The van der Waals surface area contributed by atoms with Gasteiger partial charge in [-0.25, -0.2) is 0 Å². The van der Waals surface area contributed by atoms with Crippen molar-refractivity contribution in [2.45, 2.75) is 52.0 Å². The van der Waals surface area contributed by atoms with Gasteiger partial charge in [-0.05, 0) is 24.8 Å². The quantitative estimate of drug-likeness (QED) is 0.817. The maximum atomic E-state index is 12.8. The smallest absolute Gasteiger partial charge is 0.161 e. The maximum absolute atomic E-state index is 12.8. The van der Waals surface area contributed by atoms with Crippen LogP contribution in [0.5, 0.6) is 0 Å². The van der Waals surface area contributed by atoms with Crippen LogP contribution in [0.15, 0.2) is 24.3 Å². The molecule has 0 amide bonds. The molecule has 0 N–H and O–H groups in total. The third-order valence-corrected chi connectivity index (χ3v) is 5.15. The topological polar surface area (TPSA) is 32.8 Å². The Balaban J connectivity index is 1.90. The van der Waals surface area contributed by atoms with Crippen molar-refractivity contribution in [2.75, 3.05) is 18.7 Å². The van der Waals surface area contributed by atoms with Crippen LogP contribution in [0.4, 0.5) is 5.69 Å². The fourth-order valence-electron chi connectivity index (χ4n) is 3.89. The molecular weight excluding hydrogens is 288 g/mol. The van der Waals surface area contributed by atoms with Crippen LogP contribution in [0.1, 0.15) is 57.6 Å². The molecule has 1 atom stereocenters. The van der Waals surface area contributed by atoms with Gasteiger partial charge < -0.3 is 0 Å². The predicted octanol–water partition coefficient (Wildman–Crippen LogP) is 4.13. The molecule has 0 saturated heterocycles. The summed E-state index contributed by atoms with van der Waals surface area (Å²) in [5.41, 5.74) is 2.20. The maximum Gasteiger partial charge on any atom is 0.161 e. The zero-order chi connectivity index (χ0) is 16.4. The lowest BCUT2D eigenvalue weighted by molar-refractivity contribution is -0.176. The van der Waals surface area contributed by atoms with Gasteiger partial charge in [-0.3, -0.25) is 14.6 Å². The molecule has 1 unspecified atom stereocenters. The molecule has 0 spiro atoms. The SMILES string of the molecule is CON1C(C(=O)C(C)C)c2ccccc2N1CC1CCCCC1. The van der Waals surface area contributed by atoms with Gasteiger partial charge in [0.1, 0.15) is 6.04 Å². The number of hydroxylamine groups is 1. The van der Waals surface area contributed by atoms with E-state index >= 15 is 0 Å². The Morgan fingerprint density at radius 1 is 1.22 bits per heavy atom. The number of benzene rings is 1. The Kier molecular flexibility index (Phi) is 5.02. The van der Waals surface area contributed by atoms with Crippen LogP contribution in [0, 0.1) is 11.8 Å². The summed E-state index contributed by atoms with van der Waals surface area (Å²) in [6.45, 7) is 4.86. The van der Waals surface area contributed by atoms with Crippen LogP contribution in [-0.2, 0) is 9.63 Å². The van der Waals surface area contributed by atoms with E-state index < -0.39 is 0 Å². The molecule has 4 nitrogen and oxygen atoms in total. The highest BCUT2D eigenvalue weighted by Crippen LogP contribution is 2.42. The van der Waals surface area contributed by atoms with Gasteiger partial charge in [-0.15, -0.1) is 0 Å². The van der Waals surface area contributed by atoms with E-state index in [2.05, 4.69) is 17.1 Å². The number of ketones is 1. The van der Waals surface area contributed by atoms with Crippen molar-refractivity contribution >= 4 is 11.5 Å². The van der Waals surface area contributed by atoms with Gasteiger partial charge in [0.2, 0.25) is 0 Å². The van der Waals surface area contributed by atoms with Gasteiger partial charge in [0.15, 0.2) is 5.78 Å². The number of fused-ring (bicyclic) bond motifs is 1. The van der Waals surface area contributed by atoms with Gasteiger partial charge in [0.25, 0.3) is 0 Å². The molecule has 1 aromatic carbocycles. The Morgan fingerprint density at radius 3 is 2.57 bits per heavy atom. The minimum atomic E-state index is -0.320. The van der Waals surface area contributed by atoms with E-state index in [1.165, 1.54) is 32.1 Å². The van der Waals surface area contributed by atoms with Crippen LogP contribution in [0.2, 0.25) is 0 Å². The zero-order valence-corrected chi connectivity index (χ0v) is 14.5. The second-order valence-corrected chi connectivity index (χ2v) is 7.09. The summed E-state index contributed by atoms with van der Waals surface area (Å²) < 4.78 is 0. The lowest BCUT2D eigenvalue weighted by Crippen LogP contribution is -2.44. The standard InChI is InChI=1S/C19H28N2O2/c1-14(2)19(22)18-16-11-7-8-12-17(16)20(21(18)23-3)13-15-9-5-4-6-10-15/h7-8,11-12,14-15,18H,4-6,9-10,13H2,1-3H3. The molecule has 4 heteroatoms. The zero-order valence-electron chi connectivity index (χ0n) is 14.5. The van der Waals surface area contributed by atoms with Crippen LogP contribution in [0.25, 0.3) is 0 Å². The minimum Gasteiger partial charge on any atom is -0.297 e. The number of hydrogen-bond donors (Lipinski definition) is 0. The number of nitrogens with zero attached hydrogens (tertiary/aromatic N) is 2. The molecule has 3 rings (SSSR count). The van der Waals surface area contributed by atoms with Crippen LogP contribution >= 0.6 is 0 Å². The molecule has 0 aromatic heterocycles. The molecule has 126 valence electrons. The van der Waals surface area contributed by atoms with Crippen LogP contribution in [-0.4, -0.2) is 24.6 Å². The highest BCUT2D eigenvalue weighted by atomic mass is 16.7. The minimum absolute atomic E-state index is 0.0136. The second-order valence-electron chi connectivity index (χ2n) is 7.09. The van der Waals surface area contributed by atoms with Crippen LogP contribution in [0.3, 0.4) is 0 Å². The van der Waals surface area contributed by atoms with Crippen molar-refractivity contribution in [2.24, 2.45) is 11.8 Å². The highest BCUT2D eigenvalue weighted by molar-refractivity contribution is 5.90.